The van der Waals surface area contributed by atoms with Crippen molar-refractivity contribution in [2.75, 3.05) is 6.61 Å². The zero-order valence-corrected chi connectivity index (χ0v) is 15.2. The van der Waals surface area contributed by atoms with Crippen LogP contribution in [0.5, 0.6) is 0 Å². The Morgan fingerprint density at radius 2 is 2.12 bits per heavy atom. The minimum Gasteiger partial charge on any atom is -0.465 e. The molecule has 2 aromatic heterocycles. The van der Waals surface area contributed by atoms with E-state index in [9.17, 15) is 9.59 Å². The predicted octanol–water partition coefficient (Wildman–Crippen LogP) is 3.55. The van der Waals surface area contributed by atoms with Gasteiger partial charge in [0.15, 0.2) is 5.16 Å². The second kappa shape index (κ2) is 6.65. The molecule has 4 rings (SSSR count). The van der Waals surface area contributed by atoms with Crippen LogP contribution in [-0.4, -0.2) is 27.4 Å². The molecule has 0 spiro atoms. The molecule has 1 aliphatic heterocycles. The zero-order valence-electron chi connectivity index (χ0n) is 13.6. The van der Waals surface area contributed by atoms with Crippen molar-refractivity contribution in [3.63, 3.8) is 0 Å². The molecule has 25 heavy (non-hydrogen) atoms. The van der Waals surface area contributed by atoms with E-state index in [2.05, 4.69) is 4.98 Å². The van der Waals surface area contributed by atoms with Crippen LogP contribution in [0.3, 0.4) is 0 Å². The number of aromatic nitrogens is 2. The molecular weight excluding hydrogens is 356 g/mol. The minimum absolute atomic E-state index is 0.0542. The summed E-state index contributed by atoms with van der Waals surface area (Å²) >= 11 is 2.79. The monoisotopic (exact) mass is 372 g/mol. The van der Waals surface area contributed by atoms with Gasteiger partial charge >= 0.3 is 5.97 Å². The fourth-order valence-corrected chi connectivity index (χ4v) is 5.03. The van der Waals surface area contributed by atoms with Gasteiger partial charge in [0.1, 0.15) is 10.1 Å². The first-order valence-corrected chi connectivity index (χ1v) is 9.85. The molecule has 3 heterocycles. The SMILES string of the molecule is CCn1c(S[C@@H]2CCOC2=O)nc2scc(-c3ccccc3)c2c1=O. The van der Waals surface area contributed by atoms with Crippen LogP contribution in [0.2, 0.25) is 0 Å². The van der Waals surface area contributed by atoms with Crippen molar-refractivity contribution in [3.8, 4) is 11.1 Å². The van der Waals surface area contributed by atoms with Crippen LogP contribution in [0.4, 0.5) is 0 Å². The lowest BCUT2D eigenvalue weighted by atomic mass is 10.1. The fourth-order valence-electron chi connectivity index (χ4n) is 2.92. The molecule has 1 aromatic carbocycles. The maximum absolute atomic E-state index is 13.1. The average Bonchev–Trinajstić information content (AvgIpc) is 3.23. The minimum atomic E-state index is -0.282. The third-order valence-corrected chi connectivity index (χ3v) is 6.30. The lowest BCUT2D eigenvalue weighted by Gasteiger charge is -2.12. The van der Waals surface area contributed by atoms with Gasteiger partial charge in [0.25, 0.3) is 5.56 Å². The van der Waals surface area contributed by atoms with E-state index < -0.39 is 0 Å². The summed E-state index contributed by atoms with van der Waals surface area (Å²) in [5.41, 5.74) is 1.87. The van der Waals surface area contributed by atoms with Crippen LogP contribution < -0.4 is 5.56 Å². The van der Waals surface area contributed by atoms with E-state index in [1.807, 2.05) is 42.6 Å². The fraction of sp³-hybridized carbons (Fsp3) is 0.278. The van der Waals surface area contributed by atoms with Crippen molar-refractivity contribution >= 4 is 39.3 Å². The highest BCUT2D eigenvalue weighted by Gasteiger charge is 2.29. The number of esters is 1. The molecule has 3 aromatic rings. The van der Waals surface area contributed by atoms with Crippen molar-refractivity contribution in [3.05, 3.63) is 46.1 Å². The van der Waals surface area contributed by atoms with Crippen LogP contribution in [0.15, 0.2) is 45.7 Å². The summed E-state index contributed by atoms with van der Waals surface area (Å²) in [6, 6.07) is 9.86. The summed E-state index contributed by atoms with van der Waals surface area (Å²) in [6.45, 7) is 2.86. The van der Waals surface area contributed by atoms with E-state index >= 15 is 0 Å². The first kappa shape index (κ1) is 16.4. The zero-order chi connectivity index (χ0) is 17.4. The number of cyclic esters (lactones) is 1. The van der Waals surface area contributed by atoms with Gasteiger partial charge in [-0.15, -0.1) is 11.3 Å². The summed E-state index contributed by atoms with van der Waals surface area (Å²) in [7, 11) is 0. The Labute approximate surface area is 152 Å². The van der Waals surface area contributed by atoms with Crippen LogP contribution >= 0.6 is 23.1 Å². The topological polar surface area (TPSA) is 61.2 Å². The molecule has 5 nitrogen and oxygen atoms in total. The molecule has 1 fully saturated rings. The van der Waals surface area contributed by atoms with E-state index in [1.165, 1.54) is 23.1 Å². The molecule has 0 unspecified atom stereocenters. The summed E-state index contributed by atoms with van der Waals surface area (Å²) in [5.74, 6) is -0.224. The van der Waals surface area contributed by atoms with Crippen LogP contribution in [-0.2, 0) is 16.1 Å². The van der Waals surface area contributed by atoms with Gasteiger partial charge in [-0.25, -0.2) is 4.98 Å². The maximum atomic E-state index is 13.1. The number of ether oxygens (including phenoxy) is 1. The number of thiophene rings is 1. The maximum Gasteiger partial charge on any atom is 0.319 e. The average molecular weight is 372 g/mol. The molecule has 0 bridgehead atoms. The molecule has 0 amide bonds. The molecule has 1 saturated heterocycles. The number of hydrogen-bond donors (Lipinski definition) is 0. The first-order chi connectivity index (χ1) is 12.2. The summed E-state index contributed by atoms with van der Waals surface area (Å²) in [6.07, 6.45) is 0.654. The van der Waals surface area contributed by atoms with Crippen molar-refractivity contribution in [1.29, 1.82) is 0 Å². The van der Waals surface area contributed by atoms with Gasteiger partial charge in [0.2, 0.25) is 0 Å². The standard InChI is InChI=1S/C18H16N2O3S2/c1-2-20-16(21)14-12(11-6-4-3-5-7-11)10-24-15(14)19-18(20)25-13-8-9-23-17(13)22/h3-7,10,13H,2,8-9H2,1H3/t13-/m1/s1. The third kappa shape index (κ3) is 2.87. The van der Waals surface area contributed by atoms with Gasteiger partial charge in [-0.3, -0.25) is 14.2 Å². The Bertz CT molecular complexity index is 995. The van der Waals surface area contributed by atoms with Crippen LogP contribution in [0, 0.1) is 0 Å². The van der Waals surface area contributed by atoms with Crippen molar-refractivity contribution < 1.29 is 9.53 Å². The Morgan fingerprint density at radius 1 is 1.32 bits per heavy atom. The number of fused-ring (bicyclic) bond motifs is 1. The molecule has 0 N–H and O–H groups in total. The Kier molecular flexibility index (Phi) is 4.35. The third-order valence-electron chi connectivity index (χ3n) is 4.19. The Balaban J connectivity index is 1.85. The summed E-state index contributed by atoms with van der Waals surface area (Å²) < 4.78 is 6.67. The van der Waals surface area contributed by atoms with E-state index in [0.29, 0.717) is 34.9 Å². The second-order valence-corrected chi connectivity index (χ2v) is 7.73. The Hall–Kier alpha value is -2.12. The summed E-state index contributed by atoms with van der Waals surface area (Å²) in [4.78, 5) is 30.2. The van der Waals surface area contributed by atoms with Crippen molar-refractivity contribution in [2.24, 2.45) is 0 Å². The van der Waals surface area contributed by atoms with E-state index in [-0.39, 0.29) is 16.8 Å². The van der Waals surface area contributed by atoms with Gasteiger partial charge in [0, 0.05) is 23.9 Å². The van der Waals surface area contributed by atoms with Crippen molar-refractivity contribution in [1.82, 2.24) is 9.55 Å². The normalized spacial score (nSPS) is 17.2. The van der Waals surface area contributed by atoms with Gasteiger partial charge in [-0.2, -0.15) is 0 Å². The molecule has 0 aliphatic carbocycles. The molecule has 1 atom stereocenters. The molecule has 7 heteroatoms. The van der Waals surface area contributed by atoms with Crippen molar-refractivity contribution in [2.45, 2.75) is 30.3 Å². The van der Waals surface area contributed by atoms with Gasteiger partial charge in [0.05, 0.1) is 12.0 Å². The Morgan fingerprint density at radius 3 is 2.80 bits per heavy atom. The number of thioether (sulfide) groups is 1. The van der Waals surface area contributed by atoms with E-state index in [0.717, 1.165) is 11.1 Å². The number of rotatable bonds is 4. The summed E-state index contributed by atoms with van der Waals surface area (Å²) in [5, 5.41) is 2.93. The largest absolute Gasteiger partial charge is 0.465 e. The highest BCUT2D eigenvalue weighted by molar-refractivity contribution is 8.00. The van der Waals surface area contributed by atoms with E-state index in [1.54, 1.807) is 4.57 Å². The van der Waals surface area contributed by atoms with Crippen LogP contribution in [0.1, 0.15) is 13.3 Å². The smallest absolute Gasteiger partial charge is 0.319 e. The van der Waals surface area contributed by atoms with E-state index in [4.69, 9.17) is 4.74 Å². The van der Waals surface area contributed by atoms with Crippen LogP contribution in [0.25, 0.3) is 21.3 Å². The number of benzene rings is 1. The lowest BCUT2D eigenvalue weighted by Crippen LogP contribution is -2.23. The highest BCUT2D eigenvalue weighted by atomic mass is 32.2. The molecule has 1 aliphatic rings. The highest BCUT2D eigenvalue weighted by Crippen LogP contribution is 2.34. The first-order valence-electron chi connectivity index (χ1n) is 8.09. The molecule has 0 saturated carbocycles. The second-order valence-electron chi connectivity index (χ2n) is 5.70. The number of carbonyl (C=O) groups is 1. The molecule has 0 radical (unpaired) electrons. The van der Waals surface area contributed by atoms with Gasteiger partial charge in [-0.1, -0.05) is 42.1 Å². The quantitative estimate of drug-likeness (QED) is 0.518. The van der Waals surface area contributed by atoms with Gasteiger partial charge < -0.3 is 4.74 Å². The predicted molar refractivity (Wildman–Crippen MR) is 100 cm³/mol. The van der Waals surface area contributed by atoms with Gasteiger partial charge in [-0.05, 0) is 12.5 Å². The molecule has 128 valence electrons. The molecular formula is C18H16N2O3S2. The number of hydrogen-bond acceptors (Lipinski definition) is 6. The lowest BCUT2D eigenvalue weighted by molar-refractivity contribution is -0.137. The number of nitrogens with zero attached hydrogens (tertiary/aromatic N) is 2. The number of carbonyl (C=O) groups excluding carboxylic acids is 1.